The Kier molecular flexibility index (Phi) is 32.2. The molecule has 10 nitrogen and oxygen atoms in total. The topological polar surface area (TPSA) is 152 Å². The Balaban J connectivity index is 2.36. The molecule has 0 spiro atoms. The van der Waals surface area contributed by atoms with Crippen molar-refractivity contribution < 1.29 is 49.0 Å². The van der Waals surface area contributed by atoms with Crippen LogP contribution >= 0.6 is 0 Å². The quantitative estimate of drug-likeness (QED) is 0.0281. The fourth-order valence-electron chi connectivity index (χ4n) is 6.39. The van der Waals surface area contributed by atoms with Crippen LogP contribution in [0.5, 0.6) is 0 Å². The summed E-state index contributed by atoms with van der Waals surface area (Å²) in [6.45, 7) is 3.38. The van der Waals surface area contributed by atoms with Crippen LogP contribution in [0.2, 0.25) is 0 Å². The summed E-state index contributed by atoms with van der Waals surface area (Å²) in [5.41, 5.74) is 0. The highest BCUT2D eigenvalue weighted by atomic mass is 16.7. The molecule has 1 aliphatic heterocycles. The molecule has 0 aromatic heterocycles. The number of hydrogen-bond acceptors (Lipinski definition) is 10. The van der Waals surface area contributed by atoms with Gasteiger partial charge in [-0.25, -0.2) is 0 Å². The van der Waals surface area contributed by atoms with Gasteiger partial charge in [0.15, 0.2) is 12.4 Å². The molecule has 0 aromatic carbocycles. The van der Waals surface area contributed by atoms with Crippen molar-refractivity contribution >= 4 is 11.9 Å². The molecule has 10 heteroatoms. The molecular weight excluding hydrogens is 676 g/mol. The average Bonchev–Trinajstić information content (AvgIpc) is 3.15. The van der Waals surface area contributed by atoms with Gasteiger partial charge in [0.05, 0.1) is 13.2 Å². The van der Waals surface area contributed by atoms with E-state index in [1.807, 2.05) is 0 Å². The zero-order valence-corrected chi connectivity index (χ0v) is 33.5. The van der Waals surface area contributed by atoms with Crippen molar-refractivity contribution in [1.29, 1.82) is 0 Å². The number of rotatable bonds is 35. The highest BCUT2D eigenvalue weighted by molar-refractivity contribution is 5.70. The number of carbonyl (C=O) groups excluding carboxylic acids is 2. The van der Waals surface area contributed by atoms with Crippen LogP contribution in [0.4, 0.5) is 0 Å². The predicted molar refractivity (Wildman–Crippen MR) is 210 cm³/mol. The molecule has 53 heavy (non-hydrogen) atoms. The van der Waals surface area contributed by atoms with Crippen molar-refractivity contribution in [3.63, 3.8) is 0 Å². The van der Waals surface area contributed by atoms with Crippen molar-refractivity contribution in [2.75, 3.05) is 19.8 Å². The number of aliphatic hydroxyl groups is 4. The van der Waals surface area contributed by atoms with E-state index in [0.717, 1.165) is 57.8 Å². The summed E-state index contributed by atoms with van der Waals surface area (Å²) in [6.07, 6.45) is 28.9. The monoisotopic (exact) mass is 755 g/mol. The molecule has 6 atom stereocenters. The zero-order valence-electron chi connectivity index (χ0n) is 33.5. The molecule has 0 amide bonds. The lowest BCUT2D eigenvalue weighted by atomic mass is 9.99. The second-order valence-electron chi connectivity index (χ2n) is 14.8. The molecule has 1 saturated heterocycles. The molecule has 1 heterocycles. The van der Waals surface area contributed by atoms with Gasteiger partial charge >= 0.3 is 11.9 Å². The third-order valence-electron chi connectivity index (χ3n) is 9.84. The Labute approximate surface area is 322 Å². The van der Waals surface area contributed by atoms with Gasteiger partial charge in [-0.2, -0.15) is 0 Å². The number of unbranched alkanes of at least 4 members (excludes halogenated alkanes) is 20. The minimum absolute atomic E-state index is 0.221. The maximum Gasteiger partial charge on any atom is 0.306 e. The minimum Gasteiger partial charge on any atom is -0.462 e. The number of aliphatic hydroxyl groups excluding tert-OH is 4. The average molecular weight is 755 g/mol. The highest BCUT2D eigenvalue weighted by Crippen LogP contribution is 2.22. The number of carbonyl (C=O) groups is 2. The van der Waals surface area contributed by atoms with Gasteiger partial charge in [-0.15, -0.1) is 0 Å². The smallest absolute Gasteiger partial charge is 0.306 e. The maximum absolute atomic E-state index is 12.7. The number of hydrogen-bond donors (Lipinski definition) is 4. The maximum atomic E-state index is 12.7. The van der Waals surface area contributed by atoms with E-state index < -0.39 is 49.4 Å². The first-order valence-corrected chi connectivity index (χ1v) is 21.4. The summed E-state index contributed by atoms with van der Waals surface area (Å²) in [5.74, 6) is -0.818. The van der Waals surface area contributed by atoms with E-state index in [-0.39, 0.29) is 32.0 Å². The van der Waals surface area contributed by atoms with E-state index in [1.54, 1.807) is 0 Å². The van der Waals surface area contributed by atoms with Crippen molar-refractivity contribution in [2.24, 2.45) is 0 Å². The van der Waals surface area contributed by atoms with E-state index in [9.17, 15) is 30.0 Å². The Morgan fingerprint density at radius 1 is 0.585 bits per heavy atom. The Morgan fingerprint density at radius 2 is 1.06 bits per heavy atom. The summed E-state index contributed by atoms with van der Waals surface area (Å²) in [5, 5.41) is 40.0. The first-order chi connectivity index (χ1) is 25.8. The van der Waals surface area contributed by atoms with Crippen LogP contribution in [0.1, 0.15) is 181 Å². The van der Waals surface area contributed by atoms with Gasteiger partial charge in [-0.1, -0.05) is 147 Å². The van der Waals surface area contributed by atoms with Gasteiger partial charge in [0.2, 0.25) is 0 Å². The highest BCUT2D eigenvalue weighted by Gasteiger charge is 2.44. The summed E-state index contributed by atoms with van der Waals surface area (Å²) in [6, 6.07) is 0. The minimum atomic E-state index is -1.59. The van der Waals surface area contributed by atoms with E-state index in [0.29, 0.717) is 12.8 Å². The fraction of sp³-hybridized carbons (Fsp3) is 0.860. The van der Waals surface area contributed by atoms with Crippen LogP contribution in [-0.2, 0) is 28.5 Å². The summed E-state index contributed by atoms with van der Waals surface area (Å²) in [4.78, 5) is 25.2. The summed E-state index contributed by atoms with van der Waals surface area (Å²) < 4.78 is 22.1. The van der Waals surface area contributed by atoms with Gasteiger partial charge in [-0.05, 0) is 44.9 Å². The molecule has 0 aromatic rings. The van der Waals surface area contributed by atoms with Crippen LogP contribution in [0, 0.1) is 0 Å². The van der Waals surface area contributed by atoms with Crippen LogP contribution in [0.15, 0.2) is 24.3 Å². The third kappa shape index (κ3) is 26.6. The lowest BCUT2D eigenvalue weighted by Crippen LogP contribution is -2.59. The van der Waals surface area contributed by atoms with Gasteiger partial charge in [0.25, 0.3) is 0 Å². The normalized spacial score (nSPS) is 21.1. The molecule has 0 bridgehead atoms. The molecule has 0 radical (unpaired) electrons. The van der Waals surface area contributed by atoms with Crippen LogP contribution in [0.3, 0.4) is 0 Å². The second kappa shape index (κ2) is 34.7. The SMILES string of the molecule is CCCCCC=CCC=CCCCCCCCC(=O)OCC(COC1OC(CO)C(O)C(O)C1O)OC(=O)CCCCCCCCCCCCCCC. The first-order valence-electron chi connectivity index (χ1n) is 21.4. The standard InChI is InChI=1S/C43H78O10/c1-3-5-7-9-11-13-15-17-18-20-21-23-25-27-29-31-38(45)50-34-36(35-51-43-42(49)41(48)40(47)37(33-44)53-43)52-39(46)32-30-28-26-24-22-19-16-14-12-10-8-6-4-2/h11,13,17-18,36-37,40-44,47-49H,3-10,12,14-16,19-35H2,1-2H3. The zero-order chi connectivity index (χ0) is 38.8. The molecule has 1 aliphatic rings. The van der Waals surface area contributed by atoms with Crippen molar-refractivity contribution in [1.82, 2.24) is 0 Å². The van der Waals surface area contributed by atoms with Crippen molar-refractivity contribution in [2.45, 2.75) is 218 Å². The van der Waals surface area contributed by atoms with Crippen LogP contribution in [-0.4, -0.2) is 89.0 Å². The van der Waals surface area contributed by atoms with Gasteiger partial charge in [0, 0.05) is 12.8 Å². The van der Waals surface area contributed by atoms with E-state index in [2.05, 4.69) is 38.2 Å². The number of esters is 2. The molecule has 310 valence electrons. The van der Waals surface area contributed by atoms with Gasteiger partial charge in [-0.3, -0.25) is 9.59 Å². The summed E-state index contributed by atoms with van der Waals surface area (Å²) in [7, 11) is 0. The summed E-state index contributed by atoms with van der Waals surface area (Å²) >= 11 is 0. The second-order valence-corrected chi connectivity index (χ2v) is 14.8. The number of allylic oxidation sites excluding steroid dienone is 4. The molecule has 4 N–H and O–H groups in total. The Bertz CT molecular complexity index is 923. The molecule has 1 fully saturated rings. The molecule has 1 rings (SSSR count). The number of ether oxygens (including phenoxy) is 4. The first kappa shape index (κ1) is 49.2. The van der Waals surface area contributed by atoms with Crippen molar-refractivity contribution in [3.8, 4) is 0 Å². The lowest BCUT2D eigenvalue weighted by molar-refractivity contribution is -0.305. The molecule has 0 saturated carbocycles. The Hall–Kier alpha value is -1.82. The predicted octanol–water partition coefficient (Wildman–Crippen LogP) is 8.55. The fourth-order valence-corrected chi connectivity index (χ4v) is 6.39. The van der Waals surface area contributed by atoms with E-state index in [1.165, 1.54) is 83.5 Å². The van der Waals surface area contributed by atoms with Crippen LogP contribution < -0.4 is 0 Å². The van der Waals surface area contributed by atoms with Crippen LogP contribution in [0.25, 0.3) is 0 Å². The van der Waals surface area contributed by atoms with Crippen molar-refractivity contribution in [3.05, 3.63) is 24.3 Å². The Morgan fingerprint density at radius 3 is 1.60 bits per heavy atom. The molecule has 6 unspecified atom stereocenters. The van der Waals surface area contributed by atoms with Gasteiger partial charge < -0.3 is 39.4 Å². The third-order valence-corrected chi connectivity index (χ3v) is 9.84. The van der Waals surface area contributed by atoms with Gasteiger partial charge in [0.1, 0.15) is 31.0 Å². The van der Waals surface area contributed by atoms with E-state index >= 15 is 0 Å². The molecular formula is C43H78O10. The molecule has 0 aliphatic carbocycles. The van der Waals surface area contributed by atoms with E-state index in [4.69, 9.17) is 18.9 Å². The lowest BCUT2D eigenvalue weighted by Gasteiger charge is -2.39. The largest absolute Gasteiger partial charge is 0.462 e.